The normalized spacial score (nSPS) is 15.8. The Bertz CT molecular complexity index is 383. The first kappa shape index (κ1) is 9.90. The summed E-state index contributed by atoms with van der Waals surface area (Å²) in [7, 11) is 0. The van der Waals surface area contributed by atoms with Crippen LogP contribution in [0.2, 0.25) is 0 Å². The van der Waals surface area contributed by atoms with Gasteiger partial charge in [0.05, 0.1) is 0 Å². The number of nitrogens with zero attached hydrogens (tertiary/aromatic N) is 1. The molecule has 1 aliphatic rings. The van der Waals surface area contributed by atoms with Crippen molar-refractivity contribution in [2.75, 3.05) is 13.1 Å². The molecule has 0 saturated carbocycles. The van der Waals surface area contributed by atoms with E-state index in [1.54, 1.807) is 17.0 Å². The van der Waals surface area contributed by atoms with Crippen molar-refractivity contribution in [3.8, 4) is 0 Å². The number of halogens is 1. The first-order valence-corrected chi connectivity index (χ1v) is 4.95. The highest BCUT2D eigenvalue weighted by atomic mass is 19.1. The summed E-state index contributed by atoms with van der Waals surface area (Å²) in [5.74, 6) is -0.0242. The van der Waals surface area contributed by atoms with Crippen LogP contribution < -0.4 is 0 Å². The summed E-state index contributed by atoms with van der Waals surface area (Å²) in [5, 5.41) is 0. The second-order valence-corrected chi connectivity index (χ2v) is 3.54. The Morgan fingerprint density at radius 1 is 1.33 bits per heavy atom. The Morgan fingerprint density at radius 3 is 2.60 bits per heavy atom. The molecule has 0 aliphatic carbocycles. The maximum atomic E-state index is 12.6. The van der Waals surface area contributed by atoms with E-state index in [0.29, 0.717) is 13.0 Å². The van der Waals surface area contributed by atoms with Crippen molar-refractivity contribution in [2.24, 2.45) is 0 Å². The van der Waals surface area contributed by atoms with Gasteiger partial charge in [-0.2, -0.15) is 0 Å². The highest BCUT2D eigenvalue weighted by Crippen LogP contribution is 2.09. The van der Waals surface area contributed by atoms with Crippen LogP contribution in [0, 0.1) is 5.82 Å². The van der Waals surface area contributed by atoms with Gasteiger partial charge in [-0.25, -0.2) is 4.39 Å². The van der Waals surface area contributed by atoms with E-state index in [2.05, 4.69) is 0 Å². The van der Waals surface area contributed by atoms with Gasteiger partial charge in [-0.05, 0) is 17.7 Å². The average molecular weight is 205 g/mol. The summed E-state index contributed by atoms with van der Waals surface area (Å²) >= 11 is 0. The maximum Gasteiger partial charge on any atom is 0.224 e. The second kappa shape index (κ2) is 4.26. The molecule has 2 nitrogen and oxygen atoms in total. The monoisotopic (exact) mass is 205 g/mol. The lowest BCUT2D eigenvalue weighted by molar-refractivity contribution is -0.138. The number of hydrogen-bond donors (Lipinski definition) is 0. The Morgan fingerprint density at radius 2 is 2.07 bits per heavy atom. The van der Waals surface area contributed by atoms with Gasteiger partial charge in [0.25, 0.3) is 0 Å². The summed E-state index contributed by atoms with van der Waals surface area (Å²) in [5.41, 5.74) is 0.948. The van der Waals surface area contributed by atoms with Crippen LogP contribution in [0.25, 0.3) is 6.08 Å². The van der Waals surface area contributed by atoms with Crippen molar-refractivity contribution in [3.05, 3.63) is 41.7 Å². The molecule has 78 valence electrons. The molecule has 2 rings (SSSR count). The van der Waals surface area contributed by atoms with Crippen molar-refractivity contribution in [2.45, 2.75) is 6.42 Å². The fraction of sp³-hybridized carbons (Fsp3) is 0.250. The quantitative estimate of drug-likeness (QED) is 0.692. The van der Waals surface area contributed by atoms with Crippen molar-refractivity contribution in [1.29, 1.82) is 0 Å². The molecule has 1 amide bonds. The Labute approximate surface area is 88.0 Å². The van der Waals surface area contributed by atoms with Crippen molar-refractivity contribution in [3.63, 3.8) is 0 Å². The summed E-state index contributed by atoms with van der Waals surface area (Å²) < 4.78 is 12.6. The molecular formula is C12H12FNO. The molecule has 1 saturated heterocycles. The fourth-order valence-electron chi connectivity index (χ4n) is 1.44. The number of amides is 1. The molecular weight excluding hydrogens is 193 g/mol. The number of likely N-dealkylation sites (tertiary alicyclic amines) is 1. The summed E-state index contributed by atoms with van der Waals surface area (Å²) in [6, 6.07) is 6.27. The van der Waals surface area contributed by atoms with Gasteiger partial charge in [0.15, 0.2) is 0 Å². The number of benzene rings is 1. The lowest BCUT2D eigenvalue weighted by Crippen LogP contribution is -2.43. The van der Waals surface area contributed by atoms with Gasteiger partial charge in [0, 0.05) is 19.5 Å². The zero-order valence-electron chi connectivity index (χ0n) is 8.32. The van der Waals surface area contributed by atoms with E-state index in [9.17, 15) is 9.18 Å². The highest BCUT2D eigenvalue weighted by molar-refractivity contribution is 5.81. The molecule has 0 aromatic heterocycles. The van der Waals surface area contributed by atoms with E-state index in [-0.39, 0.29) is 11.7 Å². The molecule has 0 N–H and O–H groups in total. The number of β-lactam (4-membered cyclic amide) rings is 1. The zero-order chi connectivity index (χ0) is 10.7. The smallest absolute Gasteiger partial charge is 0.224 e. The third-order valence-electron chi connectivity index (χ3n) is 2.45. The van der Waals surface area contributed by atoms with E-state index in [4.69, 9.17) is 0 Å². The van der Waals surface area contributed by atoms with Gasteiger partial charge >= 0.3 is 0 Å². The van der Waals surface area contributed by atoms with Gasteiger partial charge in [-0.3, -0.25) is 4.79 Å². The topological polar surface area (TPSA) is 20.3 Å². The van der Waals surface area contributed by atoms with E-state index >= 15 is 0 Å². The third kappa shape index (κ3) is 2.43. The number of hydrogen-bond acceptors (Lipinski definition) is 1. The van der Waals surface area contributed by atoms with Crippen LogP contribution in [0.4, 0.5) is 4.39 Å². The summed E-state index contributed by atoms with van der Waals surface area (Å²) in [6.45, 7) is 1.50. The Hall–Kier alpha value is -1.64. The SMILES string of the molecule is O=C1CCN1C/C=C/c1ccc(F)cc1. The van der Waals surface area contributed by atoms with Gasteiger partial charge in [-0.1, -0.05) is 24.3 Å². The second-order valence-electron chi connectivity index (χ2n) is 3.54. The fourth-order valence-corrected chi connectivity index (χ4v) is 1.44. The predicted molar refractivity (Wildman–Crippen MR) is 56.6 cm³/mol. The Kier molecular flexibility index (Phi) is 2.81. The van der Waals surface area contributed by atoms with Gasteiger partial charge < -0.3 is 4.90 Å². The molecule has 1 aromatic rings. The molecule has 0 radical (unpaired) electrons. The first-order chi connectivity index (χ1) is 7.25. The maximum absolute atomic E-state index is 12.6. The minimum absolute atomic E-state index is 0.207. The molecule has 1 heterocycles. The van der Waals surface area contributed by atoms with E-state index in [1.165, 1.54) is 12.1 Å². The highest BCUT2D eigenvalue weighted by Gasteiger charge is 2.21. The minimum Gasteiger partial charge on any atom is -0.338 e. The van der Waals surface area contributed by atoms with Crippen LogP contribution in [0.5, 0.6) is 0 Å². The molecule has 3 heteroatoms. The van der Waals surface area contributed by atoms with E-state index in [1.807, 2.05) is 12.2 Å². The van der Waals surface area contributed by atoms with Crippen LogP contribution in [-0.2, 0) is 4.79 Å². The first-order valence-electron chi connectivity index (χ1n) is 4.95. The third-order valence-corrected chi connectivity index (χ3v) is 2.45. The van der Waals surface area contributed by atoms with Crippen molar-refractivity contribution >= 4 is 12.0 Å². The Balaban J connectivity index is 1.88. The minimum atomic E-state index is -0.231. The van der Waals surface area contributed by atoms with Crippen LogP contribution in [0.1, 0.15) is 12.0 Å². The standard InChI is InChI=1S/C12H12FNO/c13-11-5-3-10(4-6-11)2-1-8-14-9-7-12(14)15/h1-6H,7-9H2/b2-1+. The molecule has 1 aromatic carbocycles. The van der Waals surface area contributed by atoms with Gasteiger partial charge in [-0.15, -0.1) is 0 Å². The number of carbonyl (C=O) groups excluding carboxylic acids is 1. The zero-order valence-corrected chi connectivity index (χ0v) is 8.32. The van der Waals surface area contributed by atoms with E-state index < -0.39 is 0 Å². The number of rotatable bonds is 3. The van der Waals surface area contributed by atoms with Crippen LogP contribution in [0.15, 0.2) is 30.3 Å². The van der Waals surface area contributed by atoms with E-state index in [0.717, 1.165) is 12.1 Å². The molecule has 0 bridgehead atoms. The lowest BCUT2D eigenvalue weighted by Gasteiger charge is -2.29. The molecule has 0 unspecified atom stereocenters. The molecule has 1 aliphatic heterocycles. The summed E-state index contributed by atoms with van der Waals surface area (Å²) in [6.07, 6.45) is 4.49. The van der Waals surface area contributed by atoms with Gasteiger partial charge in [0.1, 0.15) is 5.82 Å². The molecule has 0 spiro atoms. The number of carbonyl (C=O) groups is 1. The lowest BCUT2D eigenvalue weighted by atomic mass is 10.2. The van der Waals surface area contributed by atoms with Crippen LogP contribution in [0.3, 0.4) is 0 Å². The van der Waals surface area contributed by atoms with Crippen LogP contribution in [-0.4, -0.2) is 23.9 Å². The molecule has 1 fully saturated rings. The average Bonchev–Trinajstić information content (AvgIpc) is 2.25. The predicted octanol–water partition coefficient (Wildman–Crippen LogP) is 2.07. The van der Waals surface area contributed by atoms with Crippen molar-refractivity contribution in [1.82, 2.24) is 4.90 Å². The molecule has 15 heavy (non-hydrogen) atoms. The van der Waals surface area contributed by atoms with Crippen molar-refractivity contribution < 1.29 is 9.18 Å². The largest absolute Gasteiger partial charge is 0.338 e. The molecule has 0 atom stereocenters. The van der Waals surface area contributed by atoms with Gasteiger partial charge in [0.2, 0.25) is 5.91 Å². The summed E-state index contributed by atoms with van der Waals surface area (Å²) in [4.78, 5) is 12.7. The van der Waals surface area contributed by atoms with Crippen LogP contribution >= 0.6 is 0 Å².